The van der Waals surface area contributed by atoms with Gasteiger partial charge in [0, 0.05) is 28.5 Å². The number of terminal acetylenes is 1. The van der Waals surface area contributed by atoms with Gasteiger partial charge in [-0.15, -0.1) is 12.3 Å². The van der Waals surface area contributed by atoms with E-state index >= 15 is 0 Å². The summed E-state index contributed by atoms with van der Waals surface area (Å²) in [6.45, 7) is 4.46. The molecule has 0 saturated carbocycles. The molecule has 0 radical (unpaired) electrons. The van der Waals surface area contributed by atoms with Gasteiger partial charge in [-0.3, -0.25) is 0 Å². The molecule has 0 N–H and O–H groups in total. The summed E-state index contributed by atoms with van der Waals surface area (Å²) in [5, 5.41) is 4.41. The third-order valence-electron chi connectivity index (χ3n) is 7.14. The monoisotopic (exact) mass is 532 g/mol. The van der Waals surface area contributed by atoms with Crippen LogP contribution in [0.25, 0.3) is 21.5 Å². The van der Waals surface area contributed by atoms with Gasteiger partial charge in [0.05, 0.1) is 13.7 Å². The van der Waals surface area contributed by atoms with Crippen molar-refractivity contribution >= 4 is 21.5 Å². The molecule has 0 amide bonds. The van der Waals surface area contributed by atoms with Gasteiger partial charge in [0.15, 0.2) is 0 Å². The summed E-state index contributed by atoms with van der Waals surface area (Å²) < 4.78 is 11.7. The van der Waals surface area contributed by atoms with Crippen molar-refractivity contribution in [3.05, 3.63) is 124 Å². The molecule has 1 atom stereocenters. The summed E-state index contributed by atoms with van der Waals surface area (Å²) in [6, 6.07) is 31.1. The van der Waals surface area contributed by atoms with E-state index in [1.165, 1.54) is 5.56 Å². The summed E-state index contributed by atoms with van der Waals surface area (Å²) in [4.78, 5) is 0. The van der Waals surface area contributed by atoms with E-state index < -0.39 is 0 Å². The van der Waals surface area contributed by atoms with Crippen molar-refractivity contribution in [2.45, 2.75) is 39.4 Å². The lowest BCUT2D eigenvalue weighted by atomic mass is 9.95. The Morgan fingerprint density at radius 2 is 1.44 bits per heavy atom. The third kappa shape index (κ3) is 6.62. The van der Waals surface area contributed by atoms with Crippen molar-refractivity contribution in [3.8, 4) is 41.8 Å². The van der Waals surface area contributed by atoms with Crippen molar-refractivity contribution in [1.82, 2.24) is 0 Å². The van der Waals surface area contributed by atoms with Crippen LogP contribution < -0.4 is 4.74 Å². The molecular weight excluding hydrogens is 500 g/mol. The predicted octanol–water partition coefficient (Wildman–Crippen LogP) is 8.23. The van der Waals surface area contributed by atoms with Crippen LogP contribution in [-0.4, -0.2) is 13.2 Å². The maximum atomic E-state index is 6.21. The molecule has 2 nitrogen and oxygen atoms in total. The van der Waals surface area contributed by atoms with Crippen LogP contribution in [0.2, 0.25) is 0 Å². The van der Waals surface area contributed by atoms with E-state index in [-0.39, 0.29) is 6.10 Å². The van der Waals surface area contributed by atoms with Crippen LogP contribution in [0.15, 0.2) is 91.0 Å². The Balaban J connectivity index is 1.53. The van der Waals surface area contributed by atoms with Gasteiger partial charge in [-0.1, -0.05) is 96.0 Å². The molecule has 5 rings (SSSR count). The summed E-state index contributed by atoms with van der Waals surface area (Å²) >= 11 is 0. The highest BCUT2D eigenvalue weighted by atomic mass is 16.5. The number of benzene rings is 5. The number of rotatable bonds is 6. The van der Waals surface area contributed by atoms with Crippen molar-refractivity contribution in [3.63, 3.8) is 0 Å². The first-order valence-corrected chi connectivity index (χ1v) is 13.8. The summed E-state index contributed by atoms with van der Waals surface area (Å²) in [5.41, 5.74) is 6.31. The second-order valence-corrected chi connectivity index (χ2v) is 10.1. The Labute approximate surface area is 243 Å². The highest BCUT2D eigenvalue weighted by Crippen LogP contribution is 2.28. The maximum absolute atomic E-state index is 6.21. The topological polar surface area (TPSA) is 18.5 Å². The van der Waals surface area contributed by atoms with Gasteiger partial charge in [-0.05, 0) is 71.8 Å². The molecule has 0 heterocycles. The number of methoxy groups -OCH3 is 1. The Bertz CT molecular complexity index is 1870. The Kier molecular flexibility index (Phi) is 8.72. The molecule has 2 heteroatoms. The summed E-state index contributed by atoms with van der Waals surface area (Å²) in [7, 11) is 1.68. The Morgan fingerprint density at radius 3 is 2.20 bits per heavy atom. The first kappa shape index (κ1) is 27.6. The molecule has 0 aliphatic carbocycles. The fourth-order valence-corrected chi connectivity index (χ4v) is 4.82. The fourth-order valence-electron chi connectivity index (χ4n) is 4.82. The summed E-state index contributed by atoms with van der Waals surface area (Å²) in [5.74, 6) is 17.1. The molecule has 200 valence electrons. The van der Waals surface area contributed by atoms with Crippen molar-refractivity contribution in [1.29, 1.82) is 0 Å². The van der Waals surface area contributed by atoms with Crippen LogP contribution in [0, 0.1) is 42.9 Å². The van der Waals surface area contributed by atoms with E-state index in [1.54, 1.807) is 7.11 Å². The molecule has 5 aromatic carbocycles. The molecule has 5 aromatic rings. The highest BCUT2D eigenvalue weighted by Gasteiger charge is 2.10. The average Bonchev–Trinajstić information content (AvgIpc) is 3.01. The number of ether oxygens (including phenoxy) is 2. The van der Waals surface area contributed by atoms with E-state index in [1.807, 2.05) is 31.2 Å². The van der Waals surface area contributed by atoms with Crippen LogP contribution in [0.5, 0.6) is 5.75 Å². The standard InChI is InChI=1S/C39H32O2/c1-5-6-9-31-18-19-33-22-23-35(40-4)26-39(33)37(31)24-25-38-34(21-20-32-10-7-8-11-36(32)38)27-41-29(3)14-17-30-15-12-28(2)13-16-30/h1,7-8,10-13,15-16,18-23,26,29H,6,9,27H2,2-4H3/t29-/m0/s1. The molecular formula is C39H32O2. The smallest absolute Gasteiger partial charge is 0.119 e. The summed E-state index contributed by atoms with van der Waals surface area (Å²) in [6.07, 6.45) is 6.80. The minimum absolute atomic E-state index is 0.232. The molecule has 41 heavy (non-hydrogen) atoms. The van der Waals surface area contributed by atoms with E-state index in [4.69, 9.17) is 15.9 Å². The van der Waals surface area contributed by atoms with Gasteiger partial charge in [-0.2, -0.15) is 0 Å². The van der Waals surface area contributed by atoms with Crippen LogP contribution in [0.4, 0.5) is 0 Å². The van der Waals surface area contributed by atoms with Crippen LogP contribution >= 0.6 is 0 Å². The van der Waals surface area contributed by atoms with Crippen LogP contribution in [0.3, 0.4) is 0 Å². The lowest BCUT2D eigenvalue weighted by Crippen LogP contribution is -2.06. The molecule has 0 aliphatic heterocycles. The Morgan fingerprint density at radius 1 is 0.756 bits per heavy atom. The zero-order valence-corrected chi connectivity index (χ0v) is 23.8. The minimum atomic E-state index is -0.232. The molecule has 0 fully saturated rings. The van der Waals surface area contributed by atoms with Gasteiger partial charge in [0.1, 0.15) is 11.9 Å². The maximum Gasteiger partial charge on any atom is 0.119 e. The largest absolute Gasteiger partial charge is 0.497 e. The van der Waals surface area contributed by atoms with Crippen molar-refractivity contribution < 1.29 is 9.47 Å². The lowest BCUT2D eigenvalue weighted by molar-refractivity contribution is 0.0900. The predicted molar refractivity (Wildman–Crippen MR) is 170 cm³/mol. The van der Waals surface area contributed by atoms with E-state index in [0.717, 1.165) is 61.5 Å². The first-order chi connectivity index (χ1) is 20.1. The number of aryl methyl sites for hydroxylation is 2. The van der Waals surface area contributed by atoms with Crippen LogP contribution in [0.1, 0.15) is 46.7 Å². The van der Waals surface area contributed by atoms with Crippen molar-refractivity contribution in [2.75, 3.05) is 7.11 Å². The number of hydrogen-bond donors (Lipinski definition) is 0. The molecule has 0 unspecified atom stereocenters. The van der Waals surface area contributed by atoms with E-state index in [9.17, 15) is 0 Å². The van der Waals surface area contributed by atoms with Gasteiger partial charge >= 0.3 is 0 Å². The Hall–Kier alpha value is -4.94. The van der Waals surface area contributed by atoms with E-state index in [2.05, 4.69) is 103 Å². The second kappa shape index (κ2) is 12.9. The first-order valence-electron chi connectivity index (χ1n) is 13.8. The molecule has 0 aliphatic rings. The zero-order chi connectivity index (χ0) is 28.6. The van der Waals surface area contributed by atoms with Gasteiger partial charge in [0.25, 0.3) is 0 Å². The molecule has 0 spiro atoms. The number of hydrogen-bond acceptors (Lipinski definition) is 2. The minimum Gasteiger partial charge on any atom is -0.497 e. The van der Waals surface area contributed by atoms with Gasteiger partial charge < -0.3 is 9.47 Å². The van der Waals surface area contributed by atoms with Crippen LogP contribution in [-0.2, 0) is 17.8 Å². The fraction of sp³-hybridized carbons (Fsp3) is 0.179. The molecule has 0 aromatic heterocycles. The number of fused-ring (bicyclic) bond motifs is 2. The van der Waals surface area contributed by atoms with Gasteiger partial charge in [-0.25, -0.2) is 0 Å². The normalized spacial score (nSPS) is 11.2. The van der Waals surface area contributed by atoms with Gasteiger partial charge in [0.2, 0.25) is 0 Å². The molecule has 0 saturated heterocycles. The second-order valence-electron chi connectivity index (χ2n) is 10.1. The highest BCUT2D eigenvalue weighted by molar-refractivity contribution is 5.92. The third-order valence-corrected chi connectivity index (χ3v) is 7.14. The zero-order valence-electron chi connectivity index (χ0n) is 23.8. The van der Waals surface area contributed by atoms with E-state index in [0.29, 0.717) is 13.0 Å². The quantitative estimate of drug-likeness (QED) is 0.205. The average molecular weight is 533 g/mol. The molecule has 0 bridgehead atoms. The SMILES string of the molecule is C#CCCc1ccc2ccc(OC)cc2c1C#Cc1c(CO[C@@H](C)C#Cc2ccc(C)cc2)ccc2ccccc12. The lowest BCUT2D eigenvalue weighted by Gasteiger charge is -2.12. The van der Waals surface area contributed by atoms with Crippen molar-refractivity contribution in [2.24, 2.45) is 0 Å².